The molecule has 2 aromatic rings. The van der Waals surface area contributed by atoms with Gasteiger partial charge in [-0.15, -0.1) is 0 Å². The number of rotatable bonds is 4. The Morgan fingerprint density at radius 3 is 2.68 bits per heavy atom. The molecule has 3 heterocycles. The number of carbonyl (C=O) groups is 2. The molecule has 28 heavy (non-hydrogen) atoms. The Labute approximate surface area is 164 Å². The molecule has 7 heteroatoms. The van der Waals surface area contributed by atoms with E-state index >= 15 is 0 Å². The van der Waals surface area contributed by atoms with Crippen LogP contribution in [0.2, 0.25) is 0 Å². The number of fused-ring (bicyclic) bond motifs is 1. The lowest BCUT2D eigenvalue weighted by atomic mass is 9.89. The van der Waals surface area contributed by atoms with E-state index in [9.17, 15) is 14.7 Å². The third-order valence-electron chi connectivity index (χ3n) is 5.52. The fourth-order valence-corrected chi connectivity index (χ4v) is 3.94. The van der Waals surface area contributed by atoms with Crippen molar-refractivity contribution < 1.29 is 19.2 Å². The Kier molecular flexibility index (Phi) is 4.63. The first-order valence-corrected chi connectivity index (χ1v) is 10.0. The van der Waals surface area contributed by atoms with Gasteiger partial charge < -0.3 is 14.5 Å². The largest absolute Gasteiger partial charge is 0.481 e. The molecule has 7 nitrogen and oxygen atoms in total. The maximum atomic E-state index is 13.4. The second kappa shape index (κ2) is 6.87. The van der Waals surface area contributed by atoms with E-state index in [1.165, 1.54) is 0 Å². The van der Waals surface area contributed by atoms with E-state index in [0.29, 0.717) is 48.4 Å². The molecule has 1 amide bonds. The Hall–Kier alpha value is -2.44. The third-order valence-corrected chi connectivity index (χ3v) is 5.52. The van der Waals surface area contributed by atoms with Gasteiger partial charge in [0.25, 0.3) is 11.6 Å². The van der Waals surface area contributed by atoms with Gasteiger partial charge in [0.1, 0.15) is 0 Å². The second-order valence-electron chi connectivity index (χ2n) is 9.34. The summed E-state index contributed by atoms with van der Waals surface area (Å²) in [5, 5.41) is 14.3. The van der Waals surface area contributed by atoms with Gasteiger partial charge in [-0.05, 0) is 43.6 Å². The Morgan fingerprint density at radius 2 is 2.04 bits per heavy atom. The van der Waals surface area contributed by atoms with Gasteiger partial charge in [0.15, 0.2) is 0 Å². The van der Waals surface area contributed by atoms with Crippen LogP contribution in [0, 0.1) is 11.3 Å². The quantitative estimate of drug-likeness (QED) is 0.863. The van der Waals surface area contributed by atoms with Gasteiger partial charge in [-0.2, -0.15) is 0 Å². The number of likely N-dealkylation sites (tertiary alicyclic amines) is 1. The molecule has 1 saturated heterocycles. The predicted molar refractivity (Wildman–Crippen MR) is 103 cm³/mol. The molecule has 0 spiro atoms. The van der Waals surface area contributed by atoms with Crippen LogP contribution < -0.4 is 0 Å². The van der Waals surface area contributed by atoms with Gasteiger partial charge in [-0.3, -0.25) is 9.59 Å². The summed E-state index contributed by atoms with van der Waals surface area (Å²) < 4.78 is 5.53. The van der Waals surface area contributed by atoms with E-state index in [0.717, 1.165) is 24.2 Å². The van der Waals surface area contributed by atoms with Gasteiger partial charge in [0.2, 0.25) is 0 Å². The highest BCUT2D eigenvalue weighted by Gasteiger charge is 2.33. The van der Waals surface area contributed by atoms with Crippen molar-refractivity contribution >= 4 is 23.0 Å². The lowest BCUT2D eigenvalue weighted by Gasteiger charge is -2.31. The van der Waals surface area contributed by atoms with E-state index in [1.807, 2.05) is 6.07 Å². The average molecular weight is 385 g/mol. The van der Waals surface area contributed by atoms with Crippen molar-refractivity contribution in [1.29, 1.82) is 0 Å². The molecule has 150 valence electrons. The highest BCUT2D eigenvalue weighted by molar-refractivity contribution is 6.06. The molecule has 0 bridgehead atoms. The Morgan fingerprint density at radius 1 is 1.29 bits per heavy atom. The minimum Gasteiger partial charge on any atom is -0.481 e. The van der Waals surface area contributed by atoms with Gasteiger partial charge in [-0.25, -0.2) is 4.98 Å². The third kappa shape index (κ3) is 3.75. The van der Waals surface area contributed by atoms with E-state index in [2.05, 4.69) is 30.9 Å². The number of amides is 1. The topological polar surface area (TPSA) is 96.5 Å². The van der Waals surface area contributed by atoms with Gasteiger partial charge in [-0.1, -0.05) is 25.9 Å². The van der Waals surface area contributed by atoms with Gasteiger partial charge >= 0.3 is 5.97 Å². The molecule has 2 aromatic heterocycles. The van der Waals surface area contributed by atoms with Crippen molar-refractivity contribution in [3.05, 3.63) is 23.0 Å². The summed E-state index contributed by atoms with van der Waals surface area (Å²) in [7, 11) is 0. The summed E-state index contributed by atoms with van der Waals surface area (Å²) in [6.45, 7) is 7.16. The Bertz CT molecular complexity index is 924. The SMILES string of the molecule is CC(C)(C)Cc1noc2nc(C3CC3)cc(C(=O)N3CCCC(C(=O)O)C3)c12. The first kappa shape index (κ1) is 18.9. The lowest BCUT2D eigenvalue weighted by molar-refractivity contribution is -0.143. The molecule has 1 unspecified atom stereocenters. The molecule has 2 fully saturated rings. The van der Waals surface area contributed by atoms with E-state index < -0.39 is 11.9 Å². The van der Waals surface area contributed by atoms with Crippen molar-refractivity contribution in [3.8, 4) is 0 Å². The van der Waals surface area contributed by atoms with Crippen molar-refractivity contribution in [3.63, 3.8) is 0 Å². The number of aromatic nitrogens is 2. The molecule has 0 aromatic carbocycles. The standard InChI is InChI=1S/C21H27N3O4/c1-21(2,3)10-16-17-14(9-15(12-6-7-12)22-18(17)28-23-16)19(25)24-8-4-5-13(11-24)20(26)27/h9,12-13H,4-8,10-11H2,1-3H3,(H,26,27). The molecule has 0 radical (unpaired) electrons. The minimum atomic E-state index is -0.838. The highest BCUT2D eigenvalue weighted by atomic mass is 16.5. The van der Waals surface area contributed by atoms with Crippen LogP contribution in [0.15, 0.2) is 10.6 Å². The number of hydrogen-bond acceptors (Lipinski definition) is 5. The highest BCUT2D eigenvalue weighted by Crippen LogP contribution is 2.41. The van der Waals surface area contributed by atoms with E-state index in [-0.39, 0.29) is 17.9 Å². The summed E-state index contributed by atoms with van der Waals surface area (Å²) in [5.41, 5.74) is 2.57. The predicted octanol–water partition coefficient (Wildman–Crippen LogP) is 3.63. The maximum absolute atomic E-state index is 13.4. The van der Waals surface area contributed by atoms with E-state index in [4.69, 9.17) is 4.52 Å². The van der Waals surface area contributed by atoms with Crippen molar-refractivity contribution in [2.45, 2.75) is 58.8 Å². The zero-order valence-corrected chi connectivity index (χ0v) is 16.7. The fraction of sp³-hybridized carbons (Fsp3) is 0.619. The summed E-state index contributed by atoms with van der Waals surface area (Å²) in [6.07, 6.45) is 4.12. The molecule has 2 aliphatic rings. The van der Waals surface area contributed by atoms with Crippen LogP contribution in [-0.2, 0) is 11.2 Å². The minimum absolute atomic E-state index is 0.0151. The maximum Gasteiger partial charge on any atom is 0.308 e. The van der Waals surface area contributed by atoms with Crippen LogP contribution in [0.25, 0.3) is 11.1 Å². The van der Waals surface area contributed by atoms with Crippen molar-refractivity contribution in [2.24, 2.45) is 11.3 Å². The summed E-state index contributed by atoms with van der Waals surface area (Å²) >= 11 is 0. The second-order valence-corrected chi connectivity index (χ2v) is 9.34. The average Bonchev–Trinajstić information content (AvgIpc) is 3.42. The molecule has 1 aliphatic heterocycles. The normalized spacial score (nSPS) is 20.5. The van der Waals surface area contributed by atoms with Crippen molar-refractivity contribution in [1.82, 2.24) is 15.0 Å². The number of hydrogen-bond donors (Lipinski definition) is 1. The van der Waals surface area contributed by atoms with Gasteiger partial charge in [0.05, 0.1) is 22.6 Å². The molecular formula is C21H27N3O4. The van der Waals surface area contributed by atoms with Crippen LogP contribution in [-0.4, -0.2) is 45.1 Å². The molecular weight excluding hydrogens is 358 g/mol. The molecule has 1 aliphatic carbocycles. The van der Waals surface area contributed by atoms with Gasteiger partial charge in [0, 0.05) is 24.7 Å². The summed E-state index contributed by atoms with van der Waals surface area (Å²) in [5.74, 6) is -1.11. The number of nitrogens with zero attached hydrogens (tertiary/aromatic N) is 3. The van der Waals surface area contributed by atoms with Crippen LogP contribution in [0.1, 0.15) is 74.1 Å². The number of pyridine rings is 1. The molecule has 4 rings (SSSR count). The zero-order chi connectivity index (χ0) is 20.1. The van der Waals surface area contributed by atoms with Crippen LogP contribution in [0.3, 0.4) is 0 Å². The molecule has 1 N–H and O–H groups in total. The molecule has 1 saturated carbocycles. The first-order valence-electron chi connectivity index (χ1n) is 10.0. The Balaban J connectivity index is 1.76. The van der Waals surface area contributed by atoms with Crippen LogP contribution in [0.4, 0.5) is 0 Å². The van der Waals surface area contributed by atoms with E-state index in [1.54, 1.807) is 4.90 Å². The van der Waals surface area contributed by atoms with Crippen molar-refractivity contribution in [2.75, 3.05) is 13.1 Å². The fourth-order valence-electron chi connectivity index (χ4n) is 3.94. The van der Waals surface area contributed by atoms with Crippen LogP contribution in [0.5, 0.6) is 0 Å². The number of carbonyl (C=O) groups excluding carboxylic acids is 1. The smallest absolute Gasteiger partial charge is 0.308 e. The molecule has 1 atom stereocenters. The summed E-state index contributed by atoms with van der Waals surface area (Å²) in [6, 6.07) is 1.88. The first-order chi connectivity index (χ1) is 13.2. The number of carboxylic acid groups (broad SMARTS) is 1. The number of aliphatic carboxylic acids is 1. The number of carboxylic acids is 1. The monoisotopic (exact) mass is 385 g/mol. The summed E-state index contributed by atoms with van der Waals surface area (Å²) in [4.78, 5) is 31.1. The zero-order valence-electron chi connectivity index (χ0n) is 16.7. The van der Waals surface area contributed by atoms with Crippen LogP contribution >= 0.6 is 0 Å². The number of piperidine rings is 1. The lowest BCUT2D eigenvalue weighted by Crippen LogP contribution is -2.42.